The monoisotopic (exact) mass is 435 g/mol. The third-order valence-corrected chi connectivity index (χ3v) is 7.38. The van der Waals surface area contributed by atoms with E-state index in [1.54, 1.807) is 0 Å². The lowest BCUT2D eigenvalue weighted by molar-refractivity contribution is 0.142. The number of carboxylic acid groups (broad SMARTS) is 1. The molecule has 1 saturated heterocycles. The van der Waals surface area contributed by atoms with Gasteiger partial charge in [-0.15, -0.1) is 0 Å². The van der Waals surface area contributed by atoms with Gasteiger partial charge in [0.05, 0.1) is 11.7 Å². The molecule has 2 aliphatic heterocycles. The number of amides is 1. The number of fused-ring (bicyclic) bond motifs is 2. The van der Waals surface area contributed by atoms with Crippen LogP contribution < -0.4 is 10.2 Å². The van der Waals surface area contributed by atoms with Crippen molar-refractivity contribution in [2.75, 3.05) is 44.7 Å². The topological polar surface area (TPSA) is 71.9 Å². The summed E-state index contributed by atoms with van der Waals surface area (Å²) in [6.07, 6.45) is 5.64. The molecule has 1 aliphatic carbocycles. The Bertz CT molecular complexity index is 973. The summed E-state index contributed by atoms with van der Waals surface area (Å²) in [5, 5.41) is 13.0. The number of pyridine rings is 1. The van der Waals surface area contributed by atoms with Gasteiger partial charge in [0, 0.05) is 57.2 Å². The fraction of sp³-hybridized carbons (Fsp3) is 0.520. The summed E-state index contributed by atoms with van der Waals surface area (Å²) in [4.78, 5) is 22.4. The van der Waals surface area contributed by atoms with Crippen LogP contribution in [0.2, 0.25) is 0 Å². The van der Waals surface area contributed by atoms with Gasteiger partial charge in [0.25, 0.3) is 0 Å². The maximum atomic E-state index is 11.3. The van der Waals surface area contributed by atoms with Gasteiger partial charge in [-0.1, -0.05) is 18.2 Å². The number of rotatable bonds is 4. The molecule has 0 radical (unpaired) electrons. The van der Waals surface area contributed by atoms with Crippen LogP contribution in [-0.4, -0.2) is 71.8 Å². The summed E-state index contributed by atoms with van der Waals surface area (Å²) in [5.74, 6) is 0. The Hall–Kier alpha value is -2.64. The molecule has 32 heavy (non-hydrogen) atoms. The number of likely N-dealkylation sites (N-methyl/N-ethyl adjacent to an activating group) is 1. The van der Waals surface area contributed by atoms with Crippen molar-refractivity contribution in [1.82, 2.24) is 20.1 Å². The Morgan fingerprint density at radius 1 is 1.19 bits per heavy atom. The number of hydrogen-bond donors (Lipinski definition) is 2. The maximum Gasteiger partial charge on any atom is 0.407 e. The van der Waals surface area contributed by atoms with E-state index in [4.69, 9.17) is 4.98 Å². The number of benzene rings is 1. The summed E-state index contributed by atoms with van der Waals surface area (Å²) < 4.78 is 0. The smallest absolute Gasteiger partial charge is 0.407 e. The molecule has 0 saturated carbocycles. The van der Waals surface area contributed by atoms with E-state index in [9.17, 15) is 9.90 Å². The van der Waals surface area contributed by atoms with Gasteiger partial charge in [-0.3, -0.25) is 9.88 Å². The Kier molecular flexibility index (Phi) is 6.02. The second kappa shape index (κ2) is 9.08. The SMILES string of the molecule is CN(C[C@H]1Cc2c(cccc2N2CCN(C(=O)O)CC2)CN1)[C@H]1CCCc2cccnc21. The molecule has 2 N–H and O–H groups in total. The largest absolute Gasteiger partial charge is 0.465 e. The molecule has 1 aromatic carbocycles. The molecule has 7 heteroatoms. The molecule has 1 amide bonds. The number of carbonyl (C=O) groups is 1. The van der Waals surface area contributed by atoms with Crippen LogP contribution in [-0.2, 0) is 19.4 Å². The van der Waals surface area contributed by atoms with Gasteiger partial charge in [-0.05, 0) is 61.6 Å². The van der Waals surface area contributed by atoms with Crippen LogP contribution in [0.5, 0.6) is 0 Å². The lowest BCUT2D eigenvalue weighted by atomic mass is 9.89. The van der Waals surface area contributed by atoms with Crippen molar-refractivity contribution >= 4 is 11.8 Å². The fourth-order valence-corrected chi connectivity index (χ4v) is 5.65. The first-order valence-corrected chi connectivity index (χ1v) is 11.8. The predicted octanol–water partition coefficient (Wildman–Crippen LogP) is 2.91. The number of aryl methyl sites for hydroxylation is 1. The van der Waals surface area contributed by atoms with E-state index in [0.29, 0.717) is 25.2 Å². The van der Waals surface area contributed by atoms with Crippen molar-refractivity contribution in [1.29, 1.82) is 0 Å². The minimum absolute atomic E-state index is 0.391. The third kappa shape index (κ3) is 4.19. The molecule has 3 aliphatic rings. The number of piperazine rings is 1. The zero-order chi connectivity index (χ0) is 22.1. The number of nitrogens with one attached hydrogen (secondary N) is 1. The molecule has 170 valence electrons. The Morgan fingerprint density at radius 2 is 2.00 bits per heavy atom. The molecule has 0 spiro atoms. The number of hydrogen-bond acceptors (Lipinski definition) is 5. The van der Waals surface area contributed by atoms with E-state index in [1.807, 2.05) is 6.20 Å². The van der Waals surface area contributed by atoms with E-state index in [2.05, 4.69) is 52.5 Å². The Labute approximate surface area is 190 Å². The Morgan fingerprint density at radius 3 is 2.81 bits per heavy atom. The summed E-state index contributed by atoms with van der Waals surface area (Å²) in [5.41, 5.74) is 6.74. The van der Waals surface area contributed by atoms with Gasteiger partial charge in [0.2, 0.25) is 0 Å². The normalized spacial score (nSPS) is 23.1. The number of nitrogens with zero attached hydrogens (tertiary/aromatic N) is 4. The van der Waals surface area contributed by atoms with Crippen LogP contribution in [0.15, 0.2) is 36.5 Å². The van der Waals surface area contributed by atoms with Crippen molar-refractivity contribution in [3.05, 3.63) is 58.9 Å². The van der Waals surface area contributed by atoms with Crippen LogP contribution in [0.4, 0.5) is 10.5 Å². The van der Waals surface area contributed by atoms with Crippen LogP contribution >= 0.6 is 0 Å². The molecule has 3 heterocycles. The van der Waals surface area contributed by atoms with E-state index < -0.39 is 6.09 Å². The minimum atomic E-state index is -0.814. The third-order valence-electron chi connectivity index (χ3n) is 7.38. The van der Waals surface area contributed by atoms with Crippen LogP contribution in [0.1, 0.15) is 41.3 Å². The first-order chi connectivity index (χ1) is 15.6. The summed E-state index contributed by atoms with van der Waals surface area (Å²) >= 11 is 0. The van der Waals surface area contributed by atoms with E-state index in [1.165, 1.54) is 45.8 Å². The molecule has 0 bridgehead atoms. The van der Waals surface area contributed by atoms with Gasteiger partial charge >= 0.3 is 6.09 Å². The van der Waals surface area contributed by atoms with Crippen molar-refractivity contribution in [3.8, 4) is 0 Å². The summed E-state index contributed by atoms with van der Waals surface area (Å²) in [7, 11) is 2.24. The average molecular weight is 436 g/mol. The Balaban J connectivity index is 1.28. The first-order valence-electron chi connectivity index (χ1n) is 11.8. The van der Waals surface area contributed by atoms with Crippen molar-refractivity contribution in [2.24, 2.45) is 0 Å². The summed E-state index contributed by atoms with van der Waals surface area (Å²) in [6, 6.07) is 11.6. The molecular formula is C25H33N5O2. The highest BCUT2D eigenvalue weighted by Gasteiger charge is 2.30. The van der Waals surface area contributed by atoms with Gasteiger partial charge in [-0.25, -0.2) is 4.79 Å². The average Bonchev–Trinajstić information content (AvgIpc) is 2.83. The fourth-order valence-electron chi connectivity index (χ4n) is 5.65. The minimum Gasteiger partial charge on any atom is -0.465 e. The molecule has 7 nitrogen and oxygen atoms in total. The van der Waals surface area contributed by atoms with Gasteiger partial charge in [0.15, 0.2) is 0 Å². The lowest BCUT2D eigenvalue weighted by Crippen LogP contribution is -2.49. The highest BCUT2D eigenvalue weighted by atomic mass is 16.4. The van der Waals surface area contributed by atoms with Gasteiger partial charge in [-0.2, -0.15) is 0 Å². The second-order valence-corrected chi connectivity index (χ2v) is 9.35. The molecule has 2 atom stereocenters. The van der Waals surface area contributed by atoms with E-state index in [0.717, 1.165) is 39.0 Å². The summed E-state index contributed by atoms with van der Waals surface area (Å²) in [6.45, 7) is 4.52. The van der Waals surface area contributed by atoms with Crippen LogP contribution in [0.3, 0.4) is 0 Å². The molecule has 2 aromatic rings. The molecule has 5 rings (SSSR count). The zero-order valence-electron chi connectivity index (χ0n) is 18.8. The predicted molar refractivity (Wildman–Crippen MR) is 125 cm³/mol. The first kappa shape index (κ1) is 21.2. The van der Waals surface area contributed by atoms with Crippen molar-refractivity contribution in [2.45, 2.75) is 44.3 Å². The molecular weight excluding hydrogens is 402 g/mol. The molecule has 1 aromatic heterocycles. The van der Waals surface area contributed by atoms with Gasteiger partial charge in [0.1, 0.15) is 0 Å². The highest BCUT2D eigenvalue weighted by molar-refractivity contribution is 5.66. The van der Waals surface area contributed by atoms with Crippen LogP contribution in [0, 0.1) is 0 Å². The van der Waals surface area contributed by atoms with Crippen molar-refractivity contribution < 1.29 is 9.90 Å². The molecule has 1 fully saturated rings. The van der Waals surface area contributed by atoms with Gasteiger partial charge < -0.3 is 20.2 Å². The quantitative estimate of drug-likeness (QED) is 0.770. The van der Waals surface area contributed by atoms with E-state index in [-0.39, 0.29) is 0 Å². The van der Waals surface area contributed by atoms with E-state index >= 15 is 0 Å². The molecule has 0 unspecified atom stereocenters. The number of anilines is 1. The van der Waals surface area contributed by atoms with Crippen molar-refractivity contribution in [3.63, 3.8) is 0 Å². The zero-order valence-corrected chi connectivity index (χ0v) is 18.8. The lowest BCUT2D eigenvalue weighted by Gasteiger charge is -2.39. The maximum absolute atomic E-state index is 11.3. The highest BCUT2D eigenvalue weighted by Crippen LogP contribution is 2.33. The standard InChI is InChI=1S/C25H33N5O2/c1-28(23-9-2-5-18-7-4-10-26-24(18)23)17-20-15-21-19(16-27-20)6-3-8-22(21)29-11-13-30(14-12-29)25(31)32/h3-4,6-8,10,20,23,27H,2,5,9,11-17H2,1H3,(H,31,32)/t20-,23+/m1/s1. The second-order valence-electron chi connectivity index (χ2n) is 9.35. The van der Waals surface area contributed by atoms with Crippen LogP contribution in [0.25, 0.3) is 0 Å². The number of aromatic nitrogens is 1.